The van der Waals surface area contributed by atoms with Crippen molar-refractivity contribution in [2.45, 2.75) is 114 Å². The maximum Gasteiger partial charge on any atom is 0.245 e. The molecule has 122 heavy (non-hydrogen) atoms. The molecule has 0 radical (unpaired) electrons. The average molecular weight is 1650 g/mol. The Morgan fingerprint density at radius 3 is 1.25 bits per heavy atom. The van der Waals surface area contributed by atoms with Gasteiger partial charge in [-0.25, -0.2) is 29.9 Å². The minimum atomic E-state index is 0.0139. The third-order valence-electron chi connectivity index (χ3n) is 21.9. The summed E-state index contributed by atoms with van der Waals surface area (Å²) in [5.74, 6) is 2.44. The van der Waals surface area contributed by atoms with Crippen LogP contribution in [0.4, 0.5) is 45.9 Å². The third-order valence-corrected chi connectivity index (χ3v) is 21.9. The Hall–Kier alpha value is -14.0. The zero-order valence-electron chi connectivity index (χ0n) is 71.9. The van der Waals surface area contributed by atoms with Crippen molar-refractivity contribution >= 4 is 113 Å². The van der Waals surface area contributed by atoms with Crippen molar-refractivity contribution in [2.75, 3.05) is 121 Å². The van der Waals surface area contributed by atoms with Crippen LogP contribution in [0.2, 0.25) is 0 Å². The number of fused-ring (bicyclic) bond motifs is 8. The zero-order valence-corrected chi connectivity index (χ0v) is 71.9. The number of nitrogen functional groups attached to an aromatic ring is 4. The summed E-state index contributed by atoms with van der Waals surface area (Å²) in [5.41, 5.74) is 39.8. The molecule has 638 valence electrons. The van der Waals surface area contributed by atoms with Gasteiger partial charge in [-0.3, -0.25) is 29.3 Å². The molecule has 27 nitrogen and oxygen atoms in total. The standard InChI is InChI=1S/C18H17N3O.C17H16N4O.C17H16N4.C15H16N6.4C7H13NO/c19-16-5-7-20-17-11-21(8-6-15(16)17)18-10-13(22)9-12-3-1-2-4-14(12)18;18-17-13-7-8-21(9-14(13)19-10-20-17)16-12-4-2-1-3-11(12)5-6-15(16)22;18-17-14-8-9-21(10-15(14)19-11-20-17)16-7-3-5-12-4-1-2-6-13(12)16;1-9-2-3-12-11(6-19-20-12)14(9)21-5-4-10-13(7-21)17-8-18-15(10)16;4*1-4-7(9)8(5-2)6-3/h1-5,7,9-10,22H,6,8,11H2,(H2,19,20);1-6,10,22H,7-9H2,(H2,18,19,20);1-7,11H,8-10H2,(H2,18,19,20);2-3,6,8H,4-5,7H2,1H3,(H,19,20)(H2,16,17,18);4*4H,1,5-6H2,2-3H3. The number of anilines is 8. The van der Waals surface area contributed by atoms with Crippen molar-refractivity contribution in [3.63, 3.8) is 0 Å². The van der Waals surface area contributed by atoms with E-state index in [4.69, 9.17) is 22.9 Å². The number of aromatic hydroxyl groups is 2. The maximum atomic E-state index is 10.8. The number of hydrogen-bond donors (Lipinski definition) is 7. The van der Waals surface area contributed by atoms with E-state index in [1.54, 1.807) is 50.6 Å². The van der Waals surface area contributed by atoms with Crippen LogP contribution < -0.4 is 42.5 Å². The Morgan fingerprint density at radius 1 is 0.410 bits per heavy atom. The first-order chi connectivity index (χ1) is 59.0. The van der Waals surface area contributed by atoms with Gasteiger partial charge in [-0.05, 0) is 164 Å². The van der Waals surface area contributed by atoms with Gasteiger partial charge in [0.2, 0.25) is 23.6 Å². The van der Waals surface area contributed by atoms with Crippen LogP contribution in [-0.4, -0.2) is 177 Å². The normalized spacial score (nSPS) is 12.6. The number of aromatic nitrogens is 9. The quantitative estimate of drug-likeness (QED) is 0.0442. The van der Waals surface area contributed by atoms with Gasteiger partial charge >= 0.3 is 0 Å². The van der Waals surface area contributed by atoms with Gasteiger partial charge in [0.25, 0.3) is 0 Å². The van der Waals surface area contributed by atoms with Gasteiger partial charge in [0, 0.05) is 152 Å². The molecule has 4 amide bonds. The van der Waals surface area contributed by atoms with Crippen LogP contribution in [0.3, 0.4) is 0 Å². The molecule has 0 fully saturated rings. The third kappa shape index (κ3) is 23.1. The first-order valence-electron chi connectivity index (χ1n) is 41.5. The first-order valence-corrected chi connectivity index (χ1v) is 41.5. The van der Waals surface area contributed by atoms with E-state index in [1.165, 1.54) is 58.3 Å². The summed E-state index contributed by atoms with van der Waals surface area (Å²) < 4.78 is 0. The van der Waals surface area contributed by atoms with Gasteiger partial charge in [0.05, 0.1) is 72.0 Å². The molecule has 16 rings (SSSR count). The van der Waals surface area contributed by atoms with Crippen LogP contribution in [0.25, 0.3) is 43.2 Å². The van der Waals surface area contributed by atoms with Gasteiger partial charge < -0.3 is 72.3 Å². The molecule has 4 aliphatic rings. The predicted molar refractivity (Wildman–Crippen MR) is 496 cm³/mol. The van der Waals surface area contributed by atoms with E-state index in [-0.39, 0.29) is 23.6 Å². The van der Waals surface area contributed by atoms with Crippen molar-refractivity contribution in [3.8, 4) is 11.5 Å². The predicted octanol–water partition coefficient (Wildman–Crippen LogP) is 14.3. The lowest BCUT2D eigenvalue weighted by Crippen LogP contribution is -2.32. The Labute approximate surface area is 715 Å². The molecule has 5 aromatic heterocycles. The minimum Gasteiger partial charge on any atom is -0.508 e. The monoisotopic (exact) mass is 1650 g/mol. The van der Waals surface area contributed by atoms with E-state index in [0.29, 0.717) is 42.0 Å². The van der Waals surface area contributed by atoms with Crippen LogP contribution in [0.15, 0.2) is 215 Å². The SMILES string of the molecule is C=CC(=O)N(CC)CC.C=CC(=O)N(CC)CC.C=CC(=O)N(CC)CC.C=CC(=O)N(CC)CC.Cc1ccc2[nH]ncc2c1N1CCc2c(N)ncnc2C1.Nc1ccnc2c1CCN(c1cc(O)cc3ccccc13)C2.Nc1ncnc2c1CCN(c1c(O)ccc3ccccc13)C2.Nc1ncnc2c1CCN(c1cccc3ccccc13)C2. The molecule has 12 aromatic rings. The molecule has 0 unspecified atom stereocenters. The van der Waals surface area contributed by atoms with Crippen molar-refractivity contribution in [2.24, 2.45) is 0 Å². The fourth-order valence-electron chi connectivity index (χ4n) is 15.2. The number of aryl methyl sites for hydroxylation is 1. The number of nitrogens with zero attached hydrogens (tertiary/aromatic N) is 16. The molecule has 0 spiro atoms. The second-order valence-corrected chi connectivity index (χ2v) is 28.8. The summed E-state index contributed by atoms with van der Waals surface area (Å²) in [6, 6.07) is 44.5. The highest BCUT2D eigenvalue weighted by molar-refractivity contribution is 5.99. The highest BCUT2D eigenvalue weighted by Gasteiger charge is 2.27. The Balaban J connectivity index is 0.000000164. The number of nitrogens with two attached hydrogens (primary N) is 4. The molecule has 4 aliphatic heterocycles. The van der Waals surface area contributed by atoms with Crippen LogP contribution in [0.1, 0.15) is 106 Å². The lowest BCUT2D eigenvalue weighted by atomic mass is 10.0. The largest absolute Gasteiger partial charge is 0.508 e. The second kappa shape index (κ2) is 45.3. The van der Waals surface area contributed by atoms with E-state index in [9.17, 15) is 29.4 Å². The molecule has 0 aliphatic carbocycles. The van der Waals surface area contributed by atoms with Crippen molar-refractivity contribution in [3.05, 3.63) is 266 Å². The highest BCUT2D eigenvalue weighted by Crippen LogP contribution is 2.40. The topological polar surface area (TPSA) is 358 Å². The molecule has 7 aromatic carbocycles. The minimum absolute atomic E-state index is 0.0139. The number of amides is 4. The number of pyridine rings is 1. The highest BCUT2D eigenvalue weighted by atomic mass is 16.3. The van der Waals surface area contributed by atoms with Crippen LogP contribution in [0, 0.1) is 6.92 Å². The molecule has 27 heteroatoms. The van der Waals surface area contributed by atoms with E-state index in [1.807, 2.05) is 116 Å². The van der Waals surface area contributed by atoms with Crippen molar-refractivity contribution < 1.29 is 29.4 Å². The lowest BCUT2D eigenvalue weighted by Gasteiger charge is -2.31. The lowest BCUT2D eigenvalue weighted by molar-refractivity contribution is -0.126. The van der Waals surface area contributed by atoms with Crippen LogP contribution >= 0.6 is 0 Å². The number of carbonyl (C=O) groups is 4. The molecule has 0 atom stereocenters. The molecular weight excluding hydrogens is 1530 g/mol. The Kier molecular flexibility index (Phi) is 34.1. The molecule has 0 bridgehead atoms. The molecule has 11 N–H and O–H groups in total. The van der Waals surface area contributed by atoms with Crippen LogP contribution in [0.5, 0.6) is 11.5 Å². The van der Waals surface area contributed by atoms with E-state index in [2.05, 4.69) is 165 Å². The zero-order chi connectivity index (χ0) is 87.9. The van der Waals surface area contributed by atoms with E-state index >= 15 is 0 Å². The molecule has 9 heterocycles. The van der Waals surface area contributed by atoms with Gasteiger partial charge in [-0.2, -0.15) is 5.10 Å². The second-order valence-electron chi connectivity index (χ2n) is 28.8. The average Bonchev–Trinajstić information content (AvgIpc) is 1.21. The number of hydrogen-bond acceptors (Lipinski definition) is 22. The number of nitrogens with one attached hydrogen (secondary N) is 1. The van der Waals surface area contributed by atoms with Gasteiger partial charge in [-0.15, -0.1) is 0 Å². The summed E-state index contributed by atoms with van der Waals surface area (Å²) in [6.45, 7) is 43.8. The number of rotatable bonds is 16. The maximum absolute atomic E-state index is 10.8. The number of H-pyrrole nitrogens is 1. The molecule has 0 saturated carbocycles. The van der Waals surface area contributed by atoms with Crippen molar-refractivity contribution in [1.29, 1.82) is 0 Å². The summed E-state index contributed by atoms with van der Waals surface area (Å²) in [7, 11) is 0. The number of carbonyl (C=O) groups excluding carboxylic acids is 4. The number of likely N-dealkylation sites (N-methyl/N-ethyl adjacent to an activating group) is 4. The summed E-state index contributed by atoms with van der Waals surface area (Å²) in [4.78, 5) is 89.0. The summed E-state index contributed by atoms with van der Waals surface area (Å²) in [6.07, 6.45) is 17.0. The Morgan fingerprint density at radius 2 is 0.795 bits per heavy atom. The number of phenols is 2. The fourth-order valence-corrected chi connectivity index (χ4v) is 15.2. The fraction of sp³-hybridized carbons (Fsp3) is 0.305. The number of phenolic OH excluding ortho intramolecular Hbond substituents is 2. The Bertz CT molecular complexity index is 5470. The summed E-state index contributed by atoms with van der Waals surface area (Å²) >= 11 is 0. The van der Waals surface area contributed by atoms with Gasteiger partial charge in [0.1, 0.15) is 47.9 Å². The van der Waals surface area contributed by atoms with Gasteiger partial charge in [0.15, 0.2) is 0 Å². The van der Waals surface area contributed by atoms with Crippen LogP contribution in [-0.2, 0) is 71.0 Å². The first kappa shape index (κ1) is 91.9. The molecular formula is C95H117N21O6. The smallest absolute Gasteiger partial charge is 0.245 e. The summed E-state index contributed by atoms with van der Waals surface area (Å²) in [5, 5.41) is 35.6. The van der Waals surface area contributed by atoms with Crippen molar-refractivity contribution in [1.82, 2.24) is 64.7 Å². The van der Waals surface area contributed by atoms with E-state index < -0.39 is 0 Å². The number of aromatic amines is 1. The van der Waals surface area contributed by atoms with Gasteiger partial charge in [-0.1, -0.05) is 123 Å². The molecule has 0 saturated heterocycles. The number of benzene rings is 7. The van der Waals surface area contributed by atoms with E-state index in [0.717, 1.165) is 212 Å².